The summed E-state index contributed by atoms with van der Waals surface area (Å²) in [6.45, 7) is 5.68. The van der Waals surface area contributed by atoms with Gasteiger partial charge in [-0.2, -0.15) is 0 Å². The van der Waals surface area contributed by atoms with Crippen LogP contribution in [0.15, 0.2) is 24.5 Å². The predicted molar refractivity (Wildman–Crippen MR) is 74.7 cm³/mol. The molecule has 0 atom stereocenters. The minimum atomic E-state index is 0.558. The van der Waals surface area contributed by atoms with Gasteiger partial charge < -0.3 is 9.30 Å². The highest BCUT2D eigenvalue weighted by atomic mass is 16.1. The average molecular weight is 257 g/mol. The average Bonchev–Trinajstić information content (AvgIpc) is 2.90. The van der Waals surface area contributed by atoms with Gasteiger partial charge in [0.1, 0.15) is 11.9 Å². The van der Waals surface area contributed by atoms with Gasteiger partial charge in [0.15, 0.2) is 0 Å². The van der Waals surface area contributed by atoms with Gasteiger partial charge in [-0.1, -0.05) is 6.92 Å². The van der Waals surface area contributed by atoms with Crippen LogP contribution in [0.25, 0.3) is 5.65 Å². The van der Waals surface area contributed by atoms with Crippen LogP contribution in [0.2, 0.25) is 0 Å². The molecular weight excluding hydrogens is 238 g/mol. The molecule has 0 bridgehead atoms. The van der Waals surface area contributed by atoms with Gasteiger partial charge in [0.25, 0.3) is 0 Å². The van der Waals surface area contributed by atoms with Crippen LogP contribution in [0.5, 0.6) is 0 Å². The zero-order valence-corrected chi connectivity index (χ0v) is 11.2. The first-order valence-electron chi connectivity index (χ1n) is 6.96. The van der Waals surface area contributed by atoms with Gasteiger partial charge >= 0.3 is 0 Å². The number of rotatable bonds is 3. The third kappa shape index (κ3) is 2.40. The number of aldehydes is 1. The Morgan fingerprint density at radius 1 is 1.42 bits per heavy atom. The Morgan fingerprint density at radius 3 is 2.89 bits per heavy atom. The van der Waals surface area contributed by atoms with Crippen molar-refractivity contribution in [3.05, 3.63) is 35.8 Å². The second-order valence-corrected chi connectivity index (χ2v) is 5.22. The molecule has 4 heteroatoms. The number of piperidine rings is 1. The quantitative estimate of drug-likeness (QED) is 0.792. The standard InChI is InChI=1S/C15H19N3O/c1-2-17-6-4-13(5-7-17)14-10-18-8-3-12(11-19)9-15(18)16-14/h3,8-11,13H,2,4-7H2,1H3. The summed E-state index contributed by atoms with van der Waals surface area (Å²) in [5.74, 6) is 0.558. The summed E-state index contributed by atoms with van der Waals surface area (Å²) in [5.41, 5.74) is 2.72. The highest BCUT2D eigenvalue weighted by Crippen LogP contribution is 2.27. The first-order chi connectivity index (χ1) is 9.30. The maximum absolute atomic E-state index is 10.8. The smallest absolute Gasteiger partial charge is 0.150 e. The summed E-state index contributed by atoms with van der Waals surface area (Å²) in [4.78, 5) is 17.9. The lowest BCUT2D eigenvalue weighted by molar-refractivity contribution is 0.112. The molecule has 0 radical (unpaired) electrons. The van der Waals surface area contributed by atoms with Gasteiger partial charge in [-0.15, -0.1) is 0 Å². The van der Waals surface area contributed by atoms with E-state index in [1.54, 1.807) is 0 Å². The fourth-order valence-electron chi connectivity index (χ4n) is 2.83. The van der Waals surface area contributed by atoms with Crippen LogP contribution >= 0.6 is 0 Å². The van der Waals surface area contributed by atoms with Crippen LogP contribution in [0.3, 0.4) is 0 Å². The molecule has 0 aromatic carbocycles. The van der Waals surface area contributed by atoms with Gasteiger partial charge in [-0.05, 0) is 44.6 Å². The fourth-order valence-corrected chi connectivity index (χ4v) is 2.83. The highest BCUT2D eigenvalue weighted by Gasteiger charge is 2.21. The van der Waals surface area contributed by atoms with Gasteiger partial charge in [0.05, 0.1) is 5.69 Å². The third-order valence-electron chi connectivity index (χ3n) is 4.09. The van der Waals surface area contributed by atoms with Crippen molar-refractivity contribution in [1.82, 2.24) is 14.3 Å². The number of pyridine rings is 1. The van der Waals surface area contributed by atoms with Crippen LogP contribution < -0.4 is 0 Å². The lowest BCUT2D eigenvalue weighted by Crippen LogP contribution is -2.32. The Morgan fingerprint density at radius 2 is 2.21 bits per heavy atom. The van der Waals surface area contributed by atoms with Gasteiger partial charge in [0.2, 0.25) is 0 Å². The van der Waals surface area contributed by atoms with E-state index in [0.29, 0.717) is 11.5 Å². The molecule has 3 rings (SSSR count). The van der Waals surface area contributed by atoms with Crippen molar-refractivity contribution in [2.24, 2.45) is 0 Å². The molecular formula is C15H19N3O. The van der Waals surface area contributed by atoms with Crippen molar-refractivity contribution in [2.75, 3.05) is 19.6 Å². The van der Waals surface area contributed by atoms with Crippen molar-refractivity contribution >= 4 is 11.9 Å². The molecule has 0 N–H and O–H groups in total. The first-order valence-corrected chi connectivity index (χ1v) is 6.96. The molecule has 0 amide bonds. The van der Waals surface area contributed by atoms with E-state index in [9.17, 15) is 4.79 Å². The van der Waals surface area contributed by atoms with Crippen molar-refractivity contribution in [3.8, 4) is 0 Å². The van der Waals surface area contributed by atoms with E-state index in [4.69, 9.17) is 0 Å². The molecule has 0 spiro atoms. The Kier molecular flexibility index (Phi) is 3.34. The molecule has 3 heterocycles. The van der Waals surface area contributed by atoms with Crippen molar-refractivity contribution in [1.29, 1.82) is 0 Å². The maximum atomic E-state index is 10.8. The Balaban J connectivity index is 1.83. The zero-order valence-electron chi connectivity index (χ0n) is 11.2. The van der Waals surface area contributed by atoms with Crippen LogP contribution in [0, 0.1) is 0 Å². The lowest BCUT2D eigenvalue weighted by atomic mass is 9.94. The van der Waals surface area contributed by atoms with Crippen LogP contribution in [-0.4, -0.2) is 40.2 Å². The minimum Gasteiger partial charge on any atom is -0.307 e. The van der Waals surface area contributed by atoms with Crippen LogP contribution in [0.4, 0.5) is 0 Å². The number of nitrogens with zero attached hydrogens (tertiary/aromatic N) is 3. The minimum absolute atomic E-state index is 0.558. The summed E-state index contributed by atoms with van der Waals surface area (Å²) < 4.78 is 2.01. The summed E-state index contributed by atoms with van der Waals surface area (Å²) in [6.07, 6.45) is 7.25. The van der Waals surface area contributed by atoms with E-state index in [2.05, 4.69) is 23.0 Å². The summed E-state index contributed by atoms with van der Waals surface area (Å²) in [7, 11) is 0. The number of likely N-dealkylation sites (tertiary alicyclic amines) is 1. The number of carbonyl (C=O) groups is 1. The summed E-state index contributed by atoms with van der Waals surface area (Å²) in [5, 5.41) is 0. The Bertz CT molecular complexity index is 582. The van der Waals surface area contributed by atoms with Crippen molar-refractivity contribution in [2.45, 2.75) is 25.7 Å². The van der Waals surface area contributed by atoms with Gasteiger partial charge in [-0.3, -0.25) is 4.79 Å². The van der Waals surface area contributed by atoms with Crippen molar-refractivity contribution in [3.63, 3.8) is 0 Å². The monoisotopic (exact) mass is 257 g/mol. The van der Waals surface area contributed by atoms with Gasteiger partial charge in [0, 0.05) is 23.9 Å². The molecule has 0 unspecified atom stereocenters. The topological polar surface area (TPSA) is 37.6 Å². The molecule has 2 aromatic heterocycles. The van der Waals surface area contributed by atoms with E-state index in [1.807, 2.05) is 22.7 Å². The van der Waals surface area contributed by atoms with Crippen molar-refractivity contribution < 1.29 is 4.79 Å². The molecule has 2 aromatic rings. The third-order valence-corrected chi connectivity index (χ3v) is 4.09. The number of imidazole rings is 1. The highest BCUT2D eigenvalue weighted by molar-refractivity contribution is 5.76. The SMILES string of the molecule is CCN1CCC(c2cn3ccc(C=O)cc3n2)CC1. The molecule has 1 aliphatic rings. The van der Waals surface area contributed by atoms with E-state index in [-0.39, 0.29) is 0 Å². The first kappa shape index (κ1) is 12.4. The van der Waals surface area contributed by atoms with Gasteiger partial charge in [-0.25, -0.2) is 4.98 Å². The largest absolute Gasteiger partial charge is 0.307 e. The molecule has 1 aliphatic heterocycles. The number of hydrogen-bond acceptors (Lipinski definition) is 3. The summed E-state index contributed by atoms with van der Waals surface area (Å²) in [6, 6.07) is 3.67. The molecule has 100 valence electrons. The van der Waals surface area contributed by atoms with E-state index in [1.165, 1.54) is 18.5 Å². The molecule has 1 fully saturated rings. The number of aromatic nitrogens is 2. The number of carbonyl (C=O) groups excluding carboxylic acids is 1. The summed E-state index contributed by atoms with van der Waals surface area (Å²) >= 11 is 0. The predicted octanol–water partition coefficient (Wildman–Crippen LogP) is 2.35. The second kappa shape index (κ2) is 5.13. The molecule has 4 nitrogen and oxygen atoms in total. The second-order valence-electron chi connectivity index (χ2n) is 5.22. The molecule has 19 heavy (non-hydrogen) atoms. The van der Waals surface area contributed by atoms with Crippen LogP contribution in [0.1, 0.15) is 41.7 Å². The van der Waals surface area contributed by atoms with Crippen LogP contribution in [-0.2, 0) is 0 Å². The molecule has 1 saturated heterocycles. The number of fused-ring (bicyclic) bond motifs is 1. The Hall–Kier alpha value is -1.68. The lowest BCUT2D eigenvalue weighted by Gasteiger charge is -2.30. The fraction of sp³-hybridized carbons (Fsp3) is 0.467. The molecule has 0 saturated carbocycles. The zero-order chi connectivity index (χ0) is 13.2. The van der Waals surface area contributed by atoms with E-state index >= 15 is 0 Å². The molecule has 0 aliphatic carbocycles. The normalized spacial score (nSPS) is 17.9. The van der Waals surface area contributed by atoms with E-state index < -0.39 is 0 Å². The Labute approximate surface area is 113 Å². The van der Waals surface area contributed by atoms with E-state index in [0.717, 1.165) is 31.6 Å². The maximum Gasteiger partial charge on any atom is 0.150 e. The number of hydrogen-bond donors (Lipinski definition) is 0.